The zero-order chi connectivity index (χ0) is 13.2. The molecule has 3 nitrogen and oxygen atoms in total. The van der Waals surface area contributed by atoms with Crippen LogP contribution in [0.5, 0.6) is 0 Å². The molecule has 1 N–H and O–H groups in total. The minimum Gasteiger partial charge on any atom is -0.353 e. The molecule has 0 aromatic carbocycles. The fraction of sp³-hybridized carbons (Fsp3) is 0.667. The lowest BCUT2D eigenvalue weighted by molar-refractivity contribution is 0.158. The first-order chi connectivity index (χ1) is 8.69. The molecule has 0 radical (unpaired) electrons. The highest BCUT2D eigenvalue weighted by molar-refractivity contribution is 5.46. The van der Waals surface area contributed by atoms with Crippen molar-refractivity contribution >= 4 is 5.82 Å². The molecule has 0 unspecified atom stereocenters. The van der Waals surface area contributed by atoms with Crippen LogP contribution >= 0.6 is 0 Å². The summed E-state index contributed by atoms with van der Waals surface area (Å²) in [4.78, 5) is 7.09. The van der Waals surface area contributed by atoms with E-state index in [0.717, 1.165) is 18.9 Å². The van der Waals surface area contributed by atoms with E-state index >= 15 is 0 Å². The van der Waals surface area contributed by atoms with Gasteiger partial charge in [-0.25, -0.2) is 4.98 Å². The van der Waals surface area contributed by atoms with Crippen LogP contribution in [-0.4, -0.2) is 30.2 Å². The third kappa shape index (κ3) is 2.37. The minimum atomic E-state index is 0.440. The van der Waals surface area contributed by atoms with Gasteiger partial charge in [0.25, 0.3) is 0 Å². The number of aromatic nitrogens is 1. The molecule has 2 aliphatic heterocycles. The van der Waals surface area contributed by atoms with Crippen molar-refractivity contribution in [2.45, 2.75) is 45.6 Å². The average molecular weight is 247 g/mol. The summed E-state index contributed by atoms with van der Waals surface area (Å²) in [6.07, 6.45) is 1.33. The summed E-state index contributed by atoms with van der Waals surface area (Å²) in [6.45, 7) is 11.8. The van der Waals surface area contributed by atoms with Crippen LogP contribution in [0.3, 0.4) is 0 Å². The van der Waals surface area contributed by atoms with E-state index in [1.165, 1.54) is 18.7 Å². The number of hydrogen-bond acceptors (Lipinski definition) is 3. The molecule has 3 heteroatoms. The molecule has 2 saturated heterocycles. The van der Waals surface area contributed by atoms with Gasteiger partial charge in [0.1, 0.15) is 5.82 Å². The molecule has 3 rings (SSSR count). The second kappa shape index (κ2) is 5.27. The molecule has 2 fully saturated rings. The van der Waals surface area contributed by atoms with Crippen molar-refractivity contribution in [1.82, 2.24) is 10.3 Å². The van der Waals surface area contributed by atoms with Crippen molar-refractivity contribution < 1.29 is 0 Å². The van der Waals surface area contributed by atoms with Crippen LogP contribution in [-0.2, 0) is 0 Å². The average Bonchev–Trinajstić information content (AvgIpc) is 2.28. The normalized spacial score (nSPS) is 19.9. The van der Waals surface area contributed by atoms with Crippen LogP contribution < -0.4 is 10.2 Å². The van der Waals surface area contributed by atoms with Crippen LogP contribution in [0, 0.1) is 0 Å². The number of anilines is 1. The Labute approximate surface area is 111 Å². The summed E-state index contributed by atoms with van der Waals surface area (Å²) in [5.41, 5.74) is 1.63. The summed E-state index contributed by atoms with van der Waals surface area (Å²) >= 11 is 0. The standard InChI is InChI=1S/C13H19N3.C2H6/c1-10(2)11-4-3-5-12(15-11)16-8-13(9-16)6-7-14-13;1-2/h3-5,10,14H,6-9H2,1-2H3;1-2H3. The van der Waals surface area contributed by atoms with Crippen LogP contribution in [0.1, 0.15) is 45.7 Å². The van der Waals surface area contributed by atoms with Gasteiger partial charge in [-0.05, 0) is 31.0 Å². The van der Waals surface area contributed by atoms with Gasteiger partial charge in [0.2, 0.25) is 0 Å². The molecule has 100 valence electrons. The number of nitrogens with zero attached hydrogens (tertiary/aromatic N) is 2. The summed E-state index contributed by atoms with van der Waals surface area (Å²) < 4.78 is 0. The van der Waals surface area contributed by atoms with E-state index in [1.807, 2.05) is 13.8 Å². The van der Waals surface area contributed by atoms with E-state index in [4.69, 9.17) is 4.98 Å². The lowest BCUT2D eigenvalue weighted by Crippen LogP contribution is -2.76. The van der Waals surface area contributed by atoms with Gasteiger partial charge in [-0.2, -0.15) is 0 Å². The number of rotatable bonds is 2. The smallest absolute Gasteiger partial charge is 0.128 e. The summed E-state index contributed by atoms with van der Waals surface area (Å²) in [5, 5.41) is 3.53. The van der Waals surface area contributed by atoms with Gasteiger partial charge in [0.05, 0.1) is 5.54 Å². The van der Waals surface area contributed by atoms with Gasteiger partial charge in [-0.3, -0.25) is 0 Å². The Morgan fingerprint density at radius 2 is 1.94 bits per heavy atom. The molecule has 1 aromatic heterocycles. The van der Waals surface area contributed by atoms with Crippen molar-refractivity contribution in [3.05, 3.63) is 23.9 Å². The third-order valence-corrected chi connectivity index (χ3v) is 3.76. The topological polar surface area (TPSA) is 28.2 Å². The van der Waals surface area contributed by atoms with Crippen molar-refractivity contribution in [2.24, 2.45) is 0 Å². The largest absolute Gasteiger partial charge is 0.353 e. The first-order valence-electron chi connectivity index (χ1n) is 7.15. The summed E-state index contributed by atoms with van der Waals surface area (Å²) in [6, 6.07) is 6.36. The molecule has 0 aliphatic carbocycles. The lowest BCUT2D eigenvalue weighted by Gasteiger charge is -2.57. The van der Waals surface area contributed by atoms with Crippen molar-refractivity contribution in [1.29, 1.82) is 0 Å². The van der Waals surface area contributed by atoms with E-state index in [2.05, 4.69) is 42.3 Å². The molecule has 1 spiro atoms. The second-order valence-corrected chi connectivity index (χ2v) is 5.39. The Morgan fingerprint density at radius 1 is 1.28 bits per heavy atom. The summed E-state index contributed by atoms with van der Waals surface area (Å²) in [5.74, 6) is 1.66. The first-order valence-corrected chi connectivity index (χ1v) is 7.15. The van der Waals surface area contributed by atoms with Crippen molar-refractivity contribution in [3.63, 3.8) is 0 Å². The van der Waals surface area contributed by atoms with E-state index in [0.29, 0.717) is 11.5 Å². The highest BCUT2D eigenvalue weighted by Crippen LogP contribution is 2.33. The minimum absolute atomic E-state index is 0.440. The lowest BCUT2D eigenvalue weighted by atomic mass is 9.80. The SMILES string of the molecule is CC.CC(C)c1cccc(N2CC3(CCN3)C2)n1. The van der Waals surface area contributed by atoms with Crippen LogP contribution in [0.2, 0.25) is 0 Å². The molecular weight excluding hydrogens is 222 g/mol. The van der Waals surface area contributed by atoms with Crippen LogP contribution in [0.4, 0.5) is 5.82 Å². The van der Waals surface area contributed by atoms with Gasteiger partial charge in [0, 0.05) is 18.8 Å². The fourth-order valence-corrected chi connectivity index (χ4v) is 2.53. The third-order valence-electron chi connectivity index (χ3n) is 3.76. The Balaban J connectivity index is 0.000000574. The maximum absolute atomic E-state index is 4.72. The molecule has 0 amide bonds. The highest BCUT2D eigenvalue weighted by Gasteiger charge is 2.47. The fourth-order valence-electron chi connectivity index (χ4n) is 2.53. The molecule has 0 saturated carbocycles. The maximum atomic E-state index is 4.72. The Hall–Kier alpha value is -1.09. The van der Waals surface area contributed by atoms with Gasteiger partial charge < -0.3 is 10.2 Å². The van der Waals surface area contributed by atoms with Gasteiger partial charge in [-0.15, -0.1) is 0 Å². The number of pyridine rings is 1. The highest BCUT2D eigenvalue weighted by atomic mass is 15.3. The second-order valence-electron chi connectivity index (χ2n) is 5.39. The van der Waals surface area contributed by atoms with E-state index in [1.54, 1.807) is 0 Å². The van der Waals surface area contributed by atoms with Crippen molar-refractivity contribution in [2.75, 3.05) is 24.5 Å². The summed E-state index contributed by atoms with van der Waals surface area (Å²) in [7, 11) is 0. The quantitative estimate of drug-likeness (QED) is 0.871. The Bertz CT molecular complexity index is 388. The number of hydrogen-bond donors (Lipinski definition) is 1. The molecular formula is C15H25N3. The number of nitrogens with one attached hydrogen (secondary N) is 1. The van der Waals surface area contributed by atoms with E-state index in [-0.39, 0.29) is 0 Å². The molecule has 18 heavy (non-hydrogen) atoms. The van der Waals surface area contributed by atoms with Gasteiger partial charge in [-0.1, -0.05) is 33.8 Å². The zero-order valence-electron chi connectivity index (χ0n) is 12.0. The molecule has 3 heterocycles. The first kappa shape index (κ1) is 13.3. The molecule has 2 aliphatic rings. The molecule has 0 atom stereocenters. The maximum Gasteiger partial charge on any atom is 0.128 e. The predicted molar refractivity (Wildman–Crippen MR) is 77.2 cm³/mol. The van der Waals surface area contributed by atoms with Crippen LogP contribution in [0.15, 0.2) is 18.2 Å². The van der Waals surface area contributed by atoms with Gasteiger partial charge >= 0.3 is 0 Å². The van der Waals surface area contributed by atoms with Crippen molar-refractivity contribution in [3.8, 4) is 0 Å². The monoisotopic (exact) mass is 247 g/mol. The molecule has 0 bridgehead atoms. The van der Waals surface area contributed by atoms with E-state index < -0.39 is 0 Å². The Morgan fingerprint density at radius 3 is 2.44 bits per heavy atom. The predicted octanol–water partition coefficient (Wildman–Crippen LogP) is 2.78. The Kier molecular flexibility index (Phi) is 3.91. The molecule has 1 aromatic rings. The van der Waals surface area contributed by atoms with Gasteiger partial charge in [0.15, 0.2) is 0 Å². The van der Waals surface area contributed by atoms with E-state index in [9.17, 15) is 0 Å². The zero-order valence-corrected chi connectivity index (χ0v) is 12.0. The van der Waals surface area contributed by atoms with Crippen LogP contribution in [0.25, 0.3) is 0 Å².